The lowest BCUT2D eigenvalue weighted by Crippen LogP contribution is -2.54. The van der Waals surface area contributed by atoms with E-state index in [4.69, 9.17) is 9.15 Å². The Kier molecular flexibility index (Phi) is 8.45. The third-order valence-corrected chi connectivity index (χ3v) is 5.99. The highest BCUT2D eigenvalue weighted by Gasteiger charge is 2.31. The van der Waals surface area contributed by atoms with Crippen molar-refractivity contribution in [2.75, 3.05) is 13.7 Å². The maximum Gasteiger partial charge on any atom is 0.243 e. The fourth-order valence-corrected chi connectivity index (χ4v) is 4.01. The smallest absolute Gasteiger partial charge is 0.243 e. The molecule has 0 radical (unpaired) electrons. The maximum atomic E-state index is 13.1. The standard InChI is InChI=1S/C22H31N3O6S/c1-6-19(21(27)24-22(2,3)4)25(15-17-8-7-13-31-17)20(26)14-23-32(28,29)18-11-9-16(30-5)10-12-18/h7-13,19,23H,6,14-15H2,1-5H3,(H,24,27)/t19-/m1/s1. The molecule has 0 aliphatic heterocycles. The summed E-state index contributed by atoms with van der Waals surface area (Å²) in [6.45, 7) is 6.86. The molecule has 1 aromatic heterocycles. The highest BCUT2D eigenvalue weighted by Crippen LogP contribution is 2.17. The van der Waals surface area contributed by atoms with Crippen molar-refractivity contribution in [3.8, 4) is 5.75 Å². The second kappa shape index (κ2) is 10.6. The van der Waals surface area contributed by atoms with Crippen molar-refractivity contribution < 1.29 is 27.2 Å². The van der Waals surface area contributed by atoms with Gasteiger partial charge in [0.25, 0.3) is 0 Å². The van der Waals surface area contributed by atoms with E-state index >= 15 is 0 Å². The van der Waals surface area contributed by atoms with Gasteiger partial charge < -0.3 is 19.4 Å². The normalized spacial score (nSPS) is 12.8. The van der Waals surface area contributed by atoms with Gasteiger partial charge in [-0.05, 0) is 63.6 Å². The molecule has 2 aromatic rings. The average molecular weight is 466 g/mol. The zero-order valence-electron chi connectivity index (χ0n) is 19.0. The van der Waals surface area contributed by atoms with Gasteiger partial charge in [-0.25, -0.2) is 13.1 Å². The van der Waals surface area contributed by atoms with E-state index in [0.29, 0.717) is 17.9 Å². The number of sulfonamides is 1. The van der Waals surface area contributed by atoms with Gasteiger partial charge in [0.1, 0.15) is 17.6 Å². The number of hydrogen-bond donors (Lipinski definition) is 2. The molecule has 0 unspecified atom stereocenters. The van der Waals surface area contributed by atoms with Crippen molar-refractivity contribution in [2.45, 2.75) is 57.1 Å². The van der Waals surface area contributed by atoms with Crippen LogP contribution in [-0.4, -0.2) is 50.4 Å². The van der Waals surface area contributed by atoms with E-state index in [2.05, 4.69) is 10.0 Å². The first kappa shape index (κ1) is 25.4. The van der Waals surface area contributed by atoms with Crippen LogP contribution in [0.25, 0.3) is 0 Å². The minimum atomic E-state index is -3.93. The average Bonchev–Trinajstić information content (AvgIpc) is 3.24. The van der Waals surface area contributed by atoms with Crippen LogP contribution in [0, 0.1) is 0 Å². The Morgan fingerprint density at radius 2 is 1.81 bits per heavy atom. The van der Waals surface area contributed by atoms with Crippen LogP contribution in [0.5, 0.6) is 5.75 Å². The quantitative estimate of drug-likeness (QED) is 0.556. The van der Waals surface area contributed by atoms with Gasteiger partial charge in [0.05, 0.1) is 31.4 Å². The van der Waals surface area contributed by atoms with Crippen LogP contribution in [0.4, 0.5) is 0 Å². The van der Waals surface area contributed by atoms with E-state index < -0.39 is 34.1 Å². The fraction of sp³-hybridized carbons (Fsp3) is 0.455. The molecule has 1 heterocycles. The van der Waals surface area contributed by atoms with Crippen molar-refractivity contribution in [3.63, 3.8) is 0 Å². The van der Waals surface area contributed by atoms with Crippen LogP contribution in [0.15, 0.2) is 52.0 Å². The highest BCUT2D eigenvalue weighted by molar-refractivity contribution is 7.89. The number of carbonyl (C=O) groups is 2. The molecule has 9 nitrogen and oxygen atoms in total. The van der Waals surface area contributed by atoms with Crippen LogP contribution in [0.2, 0.25) is 0 Å². The third-order valence-electron chi connectivity index (χ3n) is 4.57. The molecule has 2 amide bonds. The zero-order chi connectivity index (χ0) is 23.9. The first-order chi connectivity index (χ1) is 15.0. The summed E-state index contributed by atoms with van der Waals surface area (Å²) in [5, 5.41) is 2.88. The Bertz CT molecular complexity index is 995. The van der Waals surface area contributed by atoms with Gasteiger partial charge in [-0.3, -0.25) is 9.59 Å². The van der Waals surface area contributed by atoms with E-state index in [1.807, 2.05) is 20.8 Å². The summed E-state index contributed by atoms with van der Waals surface area (Å²) < 4.78 is 37.9. The Morgan fingerprint density at radius 3 is 2.31 bits per heavy atom. The number of rotatable bonds is 10. The molecule has 176 valence electrons. The topological polar surface area (TPSA) is 118 Å². The Labute approximate surface area is 189 Å². The van der Waals surface area contributed by atoms with E-state index in [9.17, 15) is 18.0 Å². The molecule has 0 saturated heterocycles. The minimum Gasteiger partial charge on any atom is -0.497 e. The van der Waals surface area contributed by atoms with E-state index in [1.165, 1.54) is 42.5 Å². The summed E-state index contributed by atoms with van der Waals surface area (Å²) in [5.41, 5.74) is -0.486. The van der Waals surface area contributed by atoms with Gasteiger partial charge >= 0.3 is 0 Å². The van der Waals surface area contributed by atoms with Crippen molar-refractivity contribution in [3.05, 3.63) is 48.4 Å². The molecule has 10 heteroatoms. The number of nitrogens with one attached hydrogen (secondary N) is 2. The largest absolute Gasteiger partial charge is 0.497 e. The van der Waals surface area contributed by atoms with Gasteiger partial charge in [-0.1, -0.05) is 6.92 Å². The zero-order valence-corrected chi connectivity index (χ0v) is 19.9. The summed E-state index contributed by atoms with van der Waals surface area (Å²) in [5.74, 6) is 0.131. The third kappa shape index (κ3) is 7.10. The number of methoxy groups -OCH3 is 1. The molecule has 0 aliphatic carbocycles. The lowest BCUT2D eigenvalue weighted by atomic mass is 10.1. The minimum absolute atomic E-state index is 0.00111. The number of benzene rings is 1. The Balaban J connectivity index is 2.20. The summed E-state index contributed by atoms with van der Waals surface area (Å²) in [4.78, 5) is 27.3. The first-order valence-electron chi connectivity index (χ1n) is 10.2. The first-order valence-corrected chi connectivity index (χ1v) is 11.7. The molecular weight excluding hydrogens is 434 g/mol. The maximum absolute atomic E-state index is 13.1. The molecule has 0 spiro atoms. The molecule has 2 rings (SSSR count). The van der Waals surface area contributed by atoms with E-state index in [1.54, 1.807) is 19.1 Å². The SMILES string of the molecule is CC[C@H](C(=O)NC(C)(C)C)N(Cc1ccco1)C(=O)CNS(=O)(=O)c1ccc(OC)cc1. The number of hydrogen-bond acceptors (Lipinski definition) is 6. The second-order valence-electron chi connectivity index (χ2n) is 8.26. The van der Waals surface area contributed by atoms with E-state index in [-0.39, 0.29) is 17.3 Å². The summed E-state index contributed by atoms with van der Waals surface area (Å²) in [7, 11) is -2.45. The highest BCUT2D eigenvalue weighted by atomic mass is 32.2. The fourth-order valence-electron chi connectivity index (χ4n) is 3.04. The van der Waals surface area contributed by atoms with E-state index in [0.717, 1.165) is 0 Å². The van der Waals surface area contributed by atoms with Gasteiger partial charge in [0, 0.05) is 5.54 Å². The second-order valence-corrected chi connectivity index (χ2v) is 10.0. The van der Waals surface area contributed by atoms with Crippen molar-refractivity contribution >= 4 is 21.8 Å². The van der Waals surface area contributed by atoms with Crippen molar-refractivity contribution in [2.24, 2.45) is 0 Å². The van der Waals surface area contributed by atoms with Crippen LogP contribution < -0.4 is 14.8 Å². The molecule has 2 N–H and O–H groups in total. The van der Waals surface area contributed by atoms with Crippen LogP contribution in [0.1, 0.15) is 39.9 Å². The molecule has 0 aliphatic rings. The van der Waals surface area contributed by atoms with Crippen LogP contribution in [0.3, 0.4) is 0 Å². The molecule has 1 atom stereocenters. The number of furan rings is 1. The number of ether oxygens (including phenoxy) is 1. The van der Waals surface area contributed by atoms with Gasteiger partial charge in [0.2, 0.25) is 21.8 Å². The molecule has 0 saturated carbocycles. The van der Waals surface area contributed by atoms with Crippen LogP contribution in [-0.2, 0) is 26.2 Å². The summed E-state index contributed by atoms with van der Waals surface area (Å²) in [6, 6.07) is 8.39. The molecule has 0 fully saturated rings. The Hall–Kier alpha value is -2.85. The number of nitrogens with zero attached hydrogens (tertiary/aromatic N) is 1. The van der Waals surface area contributed by atoms with Gasteiger partial charge in [-0.2, -0.15) is 0 Å². The lowest BCUT2D eigenvalue weighted by molar-refractivity contribution is -0.141. The monoisotopic (exact) mass is 465 g/mol. The number of carbonyl (C=O) groups excluding carboxylic acids is 2. The van der Waals surface area contributed by atoms with Gasteiger partial charge in [-0.15, -0.1) is 0 Å². The van der Waals surface area contributed by atoms with Crippen molar-refractivity contribution in [1.82, 2.24) is 14.9 Å². The predicted molar refractivity (Wildman–Crippen MR) is 119 cm³/mol. The van der Waals surface area contributed by atoms with Gasteiger partial charge in [0.15, 0.2) is 0 Å². The van der Waals surface area contributed by atoms with Crippen LogP contribution >= 0.6 is 0 Å². The lowest BCUT2D eigenvalue weighted by Gasteiger charge is -2.32. The van der Waals surface area contributed by atoms with Crippen molar-refractivity contribution in [1.29, 1.82) is 0 Å². The Morgan fingerprint density at radius 1 is 1.16 bits per heavy atom. The predicted octanol–water partition coefficient (Wildman–Crippen LogP) is 2.29. The summed E-state index contributed by atoms with van der Waals surface area (Å²) in [6.07, 6.45) is 1.82. The molecule has 0 bridgehead atoms. The number of amides is 2. The molecule has 32 heavy (non-hydrogen) atoms. The molecular formula is C22H31N3O6S. The molecule has 1 aromatic carbocycles. The summed E-state index contributed by atoms with van der Waals surface area (Å²) >= 11 is 0.